The number of nitrogens with zero attached hydrogens (tertiary/aromatic N) is 2. The maximum absolute atomic E-state index is 11.8. The zero-order chi connectivity index (χ0) is 16.1. The number of non-ortho nitro benzene ring substituents is 1. The molecule has 0 saturated heterocycles. The van der Waals surface area contributed by atoms with Gasteiger partial charge in [-0.25, -0.2) is 4.79 Å². The van der Waals surface area contributed by atoms with Gasteiger partial charge in [-0.05, 0) is 24.6 Å². The van der Waals surface area contributed by atoms with Crippen LogP contribution in [0, 0.1) is 17.0 Å². The fraction of sp³-hybridized carbons (Fsp3) is 0.0667. The summed E-state index contributed by atoms with van der Waals surface area (Å²) in [4.78, 5) is 26.5. The van der Waals surface area contributed by atoms with Gasteiger partial charge < -0.3 is 10.6 Å². The maximum Gasteiger partial charge on any atom is 0.365 e. The average Bonchev–Trinajstić information content (AvgIpc) is 2.52. The summed E-state index contributed by atoms with van der Waals surface area (Å²) in [7, 11) is 0. The summed E-state index contributed by atoms with van der Waals surface area (Å²) in [5.74, 6) is -0.667. The molecule has 0 spiro atoms. The summed E-state index contributed by atoms with van der Waals surface area (Å²) in [6.45, 7) is 1.86. The van der Waals surface area contributed by atoms with E-state index < -0.39 is 10.9 Å². The molecule has 112 valence electrons. The lowest BCUT2D eigenvalue weighted by Gasteiger charge is -2.04. The third kappa shape index (κ3) is 3.45. The molecule has 7 heteroatoms. The van der Waals surface area contributed by atoms with Crippen LogP contribution in [0.4, 0.5) is 5.69 Å². The Morgan fingerprint density at radius 3 is 2.41 bits per heavy atom. The van der Waals surface area contributed by atoms with E-state index in [0.29, 0.717) is 5.56 Å². The van der Waals surface area contributed by atoms with Crippen molar-refractivity contribution < 1.29 is 14.6 Å². The molecule has 0 unspecified atom stereocenters. The van der Waals surface area contributed by atoms with Crippen molar-refractivity contribution in [2.45, 2.75) is 6.92 Å². The molecule has 0 aliphatic heterocycles. The molecule has 2 rings (SSSR count). The smallest absolute Gasteiger partial charge is 0.365 e. The van der Waals surface area contributed by atoms with E-state index in [4.69, 9.17) is 10.6 Å². The highest BCUT2D eigenvalue weighted by Crippen LogP contribution is 2.13. The van der Waals surface area contributed by atoms with Crippen LogP contribution in [-0.4, -0.2) is 16.7 Å². The van der Waals surface area contributed by atoms with E-state index in [1.807, 2.05) is 19.1 Å². The molecule has 2 aromatic carbocycles. The molecular formula is C15H13N3O4. The molecule has 0 aliphatic carbocycles. The van der Waals surface area contributed by atoms with Gasteiger partial charge in [0.25, 0.3) is 5.69 Å². The number of carbonyl (C=O) groups excluding carboxylic acids is 1. The molecule has 0 heterocycles. The highest BCUT2D eigenvalue weighted by atomic mass is 16.7. The predicted molar refractivity (Wildman–Crippen MR) is 80.4 cm³/mol. The van der Waals surface area contributed by atoms with Gasteiger partial charge in [-0.2, -0.15) is 0 Å². The van der Waals surface area contributed by atoms with Crippen LogP contribution in [0.1, 0.15) is 21.5 Å². The lowest BCUT2D eigenvalue weighted by molar-refractivity contribution is -0.384. The Morgan fingerprint density at radius 1 is 1.18 bits per heavy atom. The largest absolute Gasteiger partial charge is 0.380 e. The fourth-order valence-corrected chi connectivity index (χ4v) is 1.77. The molecule has 0 aliphatic rings. The fourth-order valence-electron chi connectivity index (χ4n) is 1.77. The maximum atomic E-state index is 11.8. The van der Waals surface area contributed by atoms with E-state index >= 15 is 0 Å². The molecule has 2 aromatic rings. The SMILES string of the molecule is Cc1ccccc1C(N)=NOC(=O)c1ccc([N+](=O)[O-])cc1. The van der Waals surface area contributed by atoms with Crippen LogP contribution in [0.3, 0.4) is 0 Å². The second kappa shape index (κ2) is 6.49. The van der Waals surface area contributed by atoms with Crippen molar-refractivity contribution in [2.24, 2.45) is 10.9 Å². The van der Waals surface area contributed by atoms with E-state index in [0.717, 1.165) is 5.56 Å². The Labute approximate surface area is 126 Å². The average molecular weight is 299 g/mol. The van der Waals surface area contributed by atoms with Crippen LogP contribution in [0.5, 0.6) is 0 Å². The van der Waals surface area contributed by atoms with Gasteiger partial charge in [-0.3, -0.25) is 10.1 Å². The molecule has 22 heavy (non-hydrogen) atoms. The molecule has 0 radical (unpaired) electrons. The minimum atomic E-state index is -0.744. The number of oxime groups is 1. The Morgan fingerprint density at radius 2 is 1.82 bits per heavy atom. The molecule has 0 aromatic heterocycles. The molecule has 0 atom stereocenters. The first-order chi connectivity index (χ1) is 10.5. The molecule has 0 saturated carbocycles. The number of hydrogen-bond acceptors (Lipinski definition) is 5. The van der Waals surface area contributed by atoms with Gasteiger partial charge in [0.1, 0.15) is 0 Å². The third-order valence-electron chi connectivity index (χ3n) is 2.96. The molecule has 0 fully saturated rings. The Kier molecular flexibility index (Phi) is 4.47. The van der Waals surface area contributed by atoms with Gasteiger partial charge in [0.05, 0.1) is 10.5 Å². The first-order valence-electron chi connectivity index (χ1n) is 6.34. The number of nitrogens with two attached hydrogens (primary N) is 1. The topological polar surface area (TPSA) is 108 Å². The molecule has 0 amide bonds. The van der Waals surface area contributed by atoms with Gasteiger partial charge in [0.15, 0.2) is 5.84 Å². The van der Waals surface area contributed by atoms with E-state index in [2.05, 4.69) is 5.16 Å². The van der Waals surface area contributed by atoms with Crippen molar-refractivity contribution in [3.8, 4) is 0 Å². The number of nitro groups is 1. The van der Waals surface area contributed by atoms with Gasteiger partial charge in [-0.15, -0.1) is 0 Å². The molecule has 7 nitrogen and oxygen atoms in total. The van der Waals surface area contributed by atoms with Gasteiger partial charge in [0.2, 0.25) is 0 Å². The first-order valence-corrected chi connectivity index (χ1v) is 6.34. The minimum Gasteiger partial charge on any atom is -0.380 e. The van der Waals surface area contributed by atoms with Crippen molar-refractivity contribution in [2.75, 3.05) is 0 Å². The second-order valence-corrected chi connectivity index (χ2v) is 4.47. The summed E-state index contributed by atoms with van der Waals surface area (Å²) in [6.07, 6.45) is 0. The zero-order valence-electron chi connectivity index (χ0n) is 11.7. The minimum absolute atomic E-state index is 0.0772. The summed E-state index contributed by atoms with van der Waals surface area (Å²) in [5.41, 5.74) is 7.37. The normalized spacial score (nSPS) is 11.0. The third-order valence-corrected chi connectivity index (χ3v) is 2.96. The lowest BCUT2D eigenvalue weighted by atomic mass is 10.1. The van der Waals surface area contributed by atoms with Gasteiger partial charge >= 0.3 is 5.97 Å². The van der Waals surface area contributed by atoms with Gasteiger partial charge in [0, 0.05) is 17.7 Å². The number of rotatable bonds is 4. The first kappa shape index (κ1) is 15.2. The second-order valence-electron chi connectivity index (χ2n) is 4.47. The van der Waals surface area contributed by atoms with Crippen LogP contribution in [0.25, 0.3) is 0 Å². The summed E-state index contributed by atoms with van der Waals surface area (Å²) < 4.78 is 0. The van der Waals surface area contributed by atoms with Crippen LogP contribution in [-0.2, 0) is 4.84 Å². The summed E-state index contributed by atoms with van der Waals surface area (Å²) >= 11 is 0. The highest BCUT2D eigenvalue weighted by molar-refractivity contribution is 5.99. The van der Waals surface area contributed by atoms with Crippen LogP contribution < -0.4 is 5.73 Å². The highest BCUT2D eigenvalue weighted by Gasteiger charge is 2.11. The number of hydrogen-bond donors (Lipinski definition) is 1. The molecule has 2 N–H and O–H groups in total. The van der Waals surface area contributed by atoms with Crippen LogP contribution in [0.15, 0.2) is 53.7 Å². The van der Waals surface area contributed by atoms with Crippen LogP contribution >= 0.6 is 0 Å². The van der Waals surface area contributed by atoms with E-state index in [1.165, 1.54) is 24.3 Å². The number of carbonyl (C=O) groups is 1. The Hall–Kier alpha value is -3.22. The monoisotopic (exact) mass is 299 g/mol. The van der Waals surface area contributed by atoms with Crippen molar-refractivity contribution in [3.05, 3.63) is 75.3 Å². The Balaban J connectivity index is 2.10. The predicted octanol–water partition coefficient (Wildman–Crippen LogP) is 2.38. The van der Waals surface area contributed by atoms with E-state index in [-0.39, 0.29) is 17.1 Å². The molecular weight excluding hydrogens is 286 g/mol. The zero-order valence-corrected chi connectivity index (χ0v) is 11.7. The number of amidine groups is 1. The Bertz CT molecular complexity index is 739. The standard InChI is InChI=1S/C15H13N3O4/c1-10-4-2-3-5-13(10)14(16)17-22-15(19)11-6-8-12(9-7-11)18(20)21/h2-9H,1H3,(H2,16,17). The summed E-state index contributed by atoms with van der Waals surface area (Å²) in [6, 6.07) is 12.3. The van der Waals surface area contributed by atoms with Crippen molar-refractivity contribution in [1.29, 1.82) is 0 Å². The number of aryl methyl sites for hydroxylation is 1. The number of nitro benzene ring substituents is 1. The van der Waals surface area contributed by atoms with Crippen molar-refractivity contribution in [1.82, 2.24) is 0 Å². The van der Waals surface area contributed by atoms with E-state index in [1.54, 1.807) is 12.1 Å². The quantitative estimate of drug-likeness (QED) is 0.306. The van der Waals surface area contributed by atoms with Crippen LogP contribution in [0.2, 0.25) is 0 Å². The lowest BCUT2D eigenvalue weighted by Crippen LogP contribution is -2.16. The van der Waals surface area contributed by atoms with Crippen molar-refractivity contribution >= 4 is 17.5 Å². The van der Waals surface area contributed by atoms with E-state index in [9.17, 15) is 14.9 Å². The summed E-state index contributed by atoms with van der Waals surface area (Å²) in [5, 5.41) is 14.1. The van der Waals surface area contributed by atoms with Gasteiger partial charge in [-0.1, -0.05) is 29.4 Å². The molecule has 0 bridgehead atoms. The van der Waals surface area contributed by atoms with Crippen molar-refractivity contribution in [3.63, 3.8) is 0 Å². The number of benzene rings is 2.